The minimum atomic E-state index is -0.358. The minimum absolute atomic E-state index is 0.358. The number of hydrogen-bond acceptors (Lipinski definition) is 2. The number of allylic oxidation sites excluding steroid dienone is 2. The first kappa shape index (κ1) is 8.20. The van der Waals surface area contributed by atoms with Crippen molar-refractivity contribution in [2.75, 3.05) is 0 Å². The Morgan fingerprint density at radius 1 is 1.38 bits per heavy atom. The molecule has 1 unspecified atom stereocenters. The van der Waals surface area contributed by atoms with E-state index in [2.05, 4.69) is 11.1 Å². The third-order valence-electron chi connectivity index (χ3n) is 2.30. The fourth-order valence-electron chi connectivity index (χ4n) is 1.49. The van der Waals surface area contributed by atoms with Crippen molar-refractivity contribution in [2.24, 2.45) is 5.73 Å². The van der Waals surface area contributed by atoms with E-state index in [9.17, 15) is 0 Å². The van der Waals surface area contributed by atoms with Crippen molar-refractivity contribution >= 4 is 0 Å². The quantitative estimate of drug-likeness (QED) is 0.701. The van der Waals surface area contributed by atoms with Crippen LogP contribution < -0.4 is 5.73 Å². The summed E-state index contributed by atoms with van der Waals surface area (Å²) in [5.74, 6) is 0. The van der Waals surface area contributed by atoms with Gasteiger partial charge in [-0.15, -0.1) is 0 Å². The van der Waals surface area contributed by atoms with Gasteiger partial charge in [0.05, 0.1) is 5.54 Å². The van der Waals surface area contributed by atoms with Crippen molar-refractivity contribution in [2.45, 2.75) is 12.0 Å². The van der Waals surface area contributed by atoms with E-state index in [0.717, 1.165) is 12.0 Å². The molecule has 0 spiro atoms. The van der Waals surface area contributed by atoms with Crippen LogP contribution in [0.2, 0.25) is 0 Å². The molecule has 2 rings (SSSR count). The number of pyridine rings is 1. The second kappa shape index (κ2) is 3.15. The van der Waals surface area contributed by atoms with Crippen molar-refractivity contribution in [1.82, 2.24) is 4.98 Å². The predicted octanol–water partition coefficient (Wildman–Crippen LogP) is 1.75. The zero-order chi connectivity index (χ0) is 9.15. The van der Waals surface area contributed by atoms with Crippen LogP contribution in [0.3, 0.4) is 0 Å². The van der Waals surface area contributed by atoms with Crippen LogP contribution in [0.1, 0.15) is 12.0 Å². The second-order valence-electron chi connectivity index (χ2n) is 3.27. The smallest absolute Gasteiger partial charge is 0.0648 e. The molecular weight excluding hydrogens is 160 g/mol. The van der Waals surface area contributed by atoms with Gasteiger partial charge < -0.3 is 5.73 Å². The summed E-state index contributed by atoms with van der Waals surface area (Å²) in [6, 6.07) is 3.92. The molecule has 0 aromatic carbocycles. The average molecular weight is 172 g/mol. The van der Waals surface area contributed by atoms with E-state index in [1.165, 1.54) is 0 Å². The van der Waals surface area contributed by atoms with E-state index in [1.807, 2.05) is 36.6 Å². The lowest BCUT2D eigenvalue weighted by Crippen LogP contribution is -2.34. The summed E-state index contributed by atoms with van der Waals surface area (Å²) in [5.41, 5.74) is 6.91. The predicted molar refractivity (Wildman–Crippen MR) is 53.0 cm³/mol. The first-order chi connectivity index (χ1) is 6.31. The molecular formula is C11H12N2. The van der Waals surface area contributed by atoms with E-state index in [1.54, 1.807) is 6.20 Å². The maximum Gasteiger partial charge on any atom is 0.0648 e. The first-order valence-corrected chi connectivity index (χ1v) is 4.35. The van der Waals surface area contributed by atoms with Crippen LogP contribution in [-0.4, -0.2) is 4.98 Å². The molecule has 1 aliphatic rings. The summed E-state index contributed by atoms with van der Waals surface area (Å²) in [5, 5.41) is 0. The van der Waals surface area contributed by atoms with Gasteiger partial charge in [0, 0.05) is 12.4 Å². The van der Waals surface area contributed by atoms with E-state index in [0.29, 0.717) is 0 Å². The van der Waals surface area contributed by atoms with Crippen LogP contribution in [0.15, 0.2) is 48.8 Å². The highest BCUT2D eigenvalue weighted by Gasteiger charge is 2.23. The van der Waals surface area contributed by atoms with Gasteiger partial charge in [0.1, 0.15) is 0 Å². The molecule has 13 heavy (non-hydrogen) atoms. The largest absolute Gasteiger partial charge is 0.318 e. The SMILES string of the molecule is NC1(c2cccnc2)C=CC=CC1. The molecule has 2 heteroatoms. The van der Waals surface area contributed by atoms with Gasteiger partial charge in [-0.05, 0) is 18.1 Å². The zero-order valence-corrected chi connectivity index (χ0v) is 7.35. The first-order valence-electron chi connectivity index (χ1n) is 4.35. The molecule has 1 aromatic rings. The third-order valence-corrected chi connectivity index (χ3v) is 2.30. The van der Waals surface area contributed by atoms with E-state index >= 15 is 0 Å². The van der Waals surface area contributed by atoms with Gasteiger partial charge in [-0.1, -0.05) is 30.4 Å². The van der Waals surface area contributed by atoms with Crippen molar-refractivity contribution < 1.29 is 0 Å². The molecule has 1 atom stereocenters. The Balaban J connectivity index is 2.35. The van der Waals surface area contributed by atoms with Crippen LogP contribution in [0.5, 0.6) is 0 Å². The van der Waals surface area contributed by atoms with Gasteiger partial charge >= 0.3 is 0 Å². The summed E-state index contributed by atoms with van der Waals surface area (Å²) in [7, 11) is 0. The minimum Gasteiger partial charge on any atom is -0.318 e. The summed E-state index contributed by atoms with van der Waals surface area (Å²) in [6.07, 6.45) is 12.5. The average Bonchev–Trinajstić information content (AvgIpc) is 2.20. The molecule has 0 radical (unpaired) electrons. The van der Waals surface area contributed by atoms with Crippen LogP contribution in [0.4, 0.5) is 0 Å². The Kier molecular flexibility index (Phi) is 1.99. The summed E-state index contributed by atoms with van der Waals surface area (Å²) in [6.45, 7) is 0. The maximum atomic E-state index is 6.20. The van der Waals surface area contributed by atoms with Crippen LogP contribution in [0, 0.1) is 0 Å². The molecule has 0 saturated carbocycles. The zero-order valence-electron chi connectivity index (χ0n) is 7.35. The highest BCUT2D eigenvalue weighted by atomic mass is 14.7. The van der Waals surface area contributed by atoms with Crippen LogP contribution >= 0.6 is 0 Å². The molecule has 0 saturated heterocycles. The lowest BCUT2D eigenvalue weighted by atomic mass is 9.86. The highest BCUT2D eigenvalue weighted by molar-refractivity contribution is 5.31. The van der Waals surface area contributed by atoms with Gasteiger partial charge in [0.25, 0.3) is 0 Å². The van der Waals surface area contributed by atoms with Crippen molar-refractivity contribution in [1.29, 1.82) is 0 Å². The van der Waals surface area contributed by atoms with Crippen molar-refractivity contribution in [3.05, 3.63) is 54.4 Å². The second-order valence-corrected chi connectivity index (χ2v) is 3.27. The Morgan fingerprint density at radius 3 is 2.92 bits per heavy atom. The van der Waals surface area contributed by atoms with E-state index in [4.69, 9.17) is 5.73 Å². The normalized spacial score (nSPS) is 26.2. The molecule has 2 N–H and O–H groups in total. The molecule has 0 bridgehead atoms. The molecule has 0 fully saturated rings. The Hall–Kier alpha value is -1.41. The van der Waals surface area contributed by atoms with Crippen LogP contribution in [0.25, 0.3) is 0 Å². The topological polar surface area (TPSA) is 38.9 Å². The van der Waals surface area contributed by atoms with Gasteiger partial charge in [-0.25, -0.2) is 0 Å². The standard InChI is InChI=1S/C11H12N2/c12-11(6-2-1-3-7-11)10-5-4-8-13-9-10/h1-6,8-9H,7,12H2. The Morgan fingerprint density at radius 2 is 2.31 bits per heavy atom. The molecule has 1 aliphatic carbocycles. The van der Waals surface area contributed by atoms with Gasteiger partial charge in [0.2, 0.25) is 0 Å². The fraction of sp³-hybridized carbons (Fsp3) is 0.182. The molecule has 2 nitrogen and oxygen atoms in total. The van der Waals surface area contributed by atoms with E-state index in [-0.39, 0.29) is 5.54 Å². The highest BCUT2D eigenvalue weighted by Crippen LogP contribution is 2.25. The summed E-state index contributed by atoms with van der Waals surface area (Å²) < 4.78 is 0. The number of nitrogens with zero attached hydrogens (tertiary/aromatic N) is 1. The molecule has 0 amide bonds. The van der Waals surface area contributed by atoms with Crippen molar-refractivity contribution in [3.8, 4) is 0 Å². The summed E-state index contributed by atoms with van der Waals surface area (Å²) >= 11 is 0. The molecule has 1 heterocycles. The molecule has 0 aliphatic heterocycles. The molecule has 1 aromatic heterocycles. The number of aromatic nitrogens is 1. The van der Waals surface area contributed by atoms with E-state index < -0.39 is 0 Å². The Labute approximate surface area is 77.8 Å². The van der Waals surface area contributed by atoms with Gasteiger partial charge in [0.15, 0.2) is 0 Å². The Bertz CT molecular complexity index is 340. The lowest BCUT2D eigenvalue weighted by Gasteiger charge is -2.26. The van der Waals surface area contributed by atoms with Crippen LogP contribution in [-0.2, 0) is 5.54 Å². The number of nitrogens with two attached hydrogens (primary N) is 1. The fourth-order valence-corrected chi connectivity index (χ4v) is 1.49. The maximum absolute atomic E-state index is 6.20. The lowest BCUT2D eigenvalue weighted by molar-refractivity contribution is 0.563. The summed E-state index contributed by atoms with van der Waals surface area (Å²) in [4.78, 5) is 4.07. The van der Waals surface area contributed by atoms with Crippen molar-refractivity contribution in [3.63, 3.8) is 0 Å². The third kappa shape index (κ3) is 1.53. The number of rotatable bonds is 1. The van der Waals surface area contributed by atoms with Gasteiger partial charge in [-0.3, -0.25) is 4.98 Å². The van der Waals surface area contributed by atoms with Gasteiger partial charge in [-0.2, -0.15) is 0 Å². The molecule has 66 valence electrons. The monoisotopic (exact) mass is 172 g/mol. The number of hydrogen-bond donors (Lipinski definition) is 1.